The van der Waals surface area contributed by atoms with Crippen LogP contribution in [0.3, 0.4) is 0 Å². The van der Waals surface area contributed by atoms with E-state index < -0.39 is 0 Å². The molecule has 0 atom stereocenters. The fourth-order valence-corrected chi connectivity index (χ4v) is 2.31. The molecule has 1 aromatic heterocycles. The molecule has 0 radical (unpaired) electrons. The smallest absolute Gasteiger partial charge is 0.134 e. The van der Waals surface area contributed by atoms with Crippen LogP contribution in [0, 0.1) is 5.92 Å². The molecular weight excluding hydrogens is 238 g/mol. The molecule has 1 saturated heterocycles. The lowest BCUT2D eigenvalue weighted by atomic mass is 10.0. The number of hydrogen-bond donors (Lipinski definition) is 2. The maximum atomic E-state index is 4.43. The summed E-state index contributed by atoms with van der Waals surface area (Å²) in [5.74, 6) is 2.52. The molecule has 1 fully saturated rings. The van der Waals surface area contributed by atoms with Gasteiger partial charge in [0.25, 0.3) is 0 Å². The van der Waals surface area contributed by atoms with Gasteiger partial charge in [-0.2, -0.15) is 0 Å². The first-order valence-electron chi connectivity index (χ1n) is 7.03. The summed E-state index contributed by atoms with van der Waals surface area (Å²) < 4.78 is 0. The minimum Gasteiger partial charge on any atom is -0.370 e. The zero-order valence-corrected chi connectivity index (χ0v) is 12.4. The Balaban J connectivity index is 2.13. The van der Waals surface area contributed by atoms with E-state index in [9.17, 15) is 0 Å². The van der Waals surface area contributed by atoms with Crippen LogP contribution in [0.1, 0.15) is 27.7 Å². The molecule has 0 bridgehead atoms. The number of rotatable bonds is 4. The molecule has 2 heterocycles. The van der Waals surface area contributed by atoms with Crippen LogP contribution in [0.5, 0.6) is 0 Å². The van der Waals surface area contributed by atoms with Gasteiger partial charge in [0.1, 0.15) is 18.0 Å². The summed E-state index contributed by atoms with van der Waals surface area (Å²) in [7, 11) is 0. The third kappa shape index (κ3) is 3.56. The average Bonchev–Trinajstić information content (AvgIpc) is 2.36. The fourth-order valence-electron chi connectivity index (χ4n) is 2.31. The molecule has 19 heavy (non-hydrogen) atoms. The highest BCUT2D eigenvalue weighted by atomic mass is 15.3. The highest BCUT2D eigenvalue weighted by Gasteiger charge is 2.30. The monoisotopic (exact) mass is 263 g/mol. The van der Waals surface area contributed by atoms with Gasteiger partial charge in [-0.25, -0.2) is 9.97 Å². The zero-order valence-electron chi connectivity index (χ0n) is 12.4. The summed E-state index contributed by atoms with van der Waals surface area (Å²) in [5.41, 5.74) is 0.0852. The van der Waals surface area contributed by atoms with E-state index in [0.29, 0.717) is 5.92 Å². The lowest BCUT2D eigenvalue weighted by Gasteiger charge is -2.43. The summed E-state index contributed by atoms with van der Waals surface area (Å²) in [6, 6.07) is 2.05. The van der Waals surface area contributed by atoms with Gasteiger partial charge < -0.3 is 15.5 Å². The summed E-state index contributed by atoms with van der Waals surface area (Å²) in [4.78, 5) is 11.1. The maximum absolute atomic E-state index is 4.43. The Labute approximate surface area is 115 Å². The third-order valence-electron chi connectivity index (χ3n) is 3.42. The van der Waals surface area contributed by atoms with E-state index in [4.69, 9.17) is 0 Å². The van der Waals surface area contributed by atoms with Crippen molar-refractivity contribution in [3.05, 3.63) is 12.4 Å². The molecule has 2 N–H and O–H groups in total. The molecule has 106 valence electrons. The fraction of sp³-hybridized carbons (Fsp3) is 0.714. The Morgan fingerprint density at radius 1 is 1.42 bits per heavy atom. The number of nitrogens with one attached hydrogen (secondary N) is 2. The predicted octanol–water partition coefficient (Wildman–Crippen LogP) is 1.73. The molecule has 1 aromatic rings. The molecule has 0 unspecified atom stereocenters. The van der Waals surface area contributed by atoms with E-state index in [1.807, 2.05) is 0 Å². The summed E-state index contributed by atoms with van der Waals surface area (Å²) in [6.07, 6.45) is 1.65. The molecule has 2 rings (SSSR count). The minimum absolute atomic E-state index is 0.0852. The second kappa shape index (κ2) is 5.74. The van der Waals surface area contributed by atoms with Gasteiger partial charge in [-0.15, -0.1) is 0 Å². The van der Waals surface area contributed by atoms with Gasteiger partial charge in [-0.3, -0.25) is 0 Å². The van der Waals surface area contributed by atoms with Gasteiger partial charge in [0.15, 0.2) is 0 Å². The number of piperazine rings is 1. The van der Waals surface area contributed by atoms with Gasteiger partial charge in [0, 0.05) is 37.8 Å². The van der Waals surface area contributed by atoms with Crippen LogP contribution in [0.15, 0.2) is 12.4 Å². The van der Waals surface area contributed by atoms with E-state index in [-0.39, 0.29) is 5.54 Å². The van der Waals surface area contributed by atoms with Crippen molar-refractivity contribution < 1.29 is 0 Å². The SMILES string of the molecule is CC(C)CNc1cc(N2CCNCC2(C)C)ncn1. The lowest BCUT2D eigenvalue weighted by molar-refractivity contribution is 0.378. The lowest BCUT2D eigenvalue weighted by Crippen LogP contribution is -2.58. The quantitative estimate of drug-likeness (QED) is 0.866. The van der Waals surface area contributed by atoms with Gasteiger partial charge in [0.2, 0.25) is 0 Å². The van der Waals surface area contributed by atoms with Crippen LogP contribution >= 0.6 is 0 Å². The molecule has 1 aliphatic heterocycles. The van der Waals surface area contributed by atoms with E-state index in [0.717, 1.165) is 37.8 Å². The Bertz CT molecular complexity index is 416. The highest BCUT2D eigenvalue weighted by Crippen LogP contribution is 2.24. The molecular formula is C14H25N5. The van der Waals surface area contributed by atoms with Gasteiger partial charge in [-0.1, -0.05) is 13.8 Å². The zero-order chi connectivity index (χ0) is 13.9. The Hall–Kier alpha value is -1.36. The Morgan fingerprint density at radius 2 is 2.21 bits per heavy atom. The summed E-state index contributed by atoms with van der Waals surface area (Å²) in [5, 5.41) is 6.79. The molecule has 0 spiro atoms. The minimum atomic E-state index is 0.0852. The van der Waals surface area contributed by atoms with Gasteiger partial charge >= 0.3 is 0 Å². The maximum Gasteiger partial charge on any atom is 0.134 e. The van der Waals surface area contributed by atoms with Crippen molar-refractivity contribution in [1.29, 1.82) is 0 Å². The second-order valence-electron chi connectivity index (χ2n) is 6.18. The highest BCUT2D eigenvalue weighted by molar-refractivity contribution is 5.50. The summed E-state index contributed by atoms with van der Waals surface area (Å²) >= 11 is 0. The van der Waals surface area contributed by atoms with Crippen LogP contribution in [0.25, 0.3) is 0 Å². The van der Waals surface area contributed by atoms with Gasteiger partial charge in [-0.05, 0) is 19.8 Å². The van der Waals surface area contributed by atoms with Crippen LogP contribution in [-0.2, 0) is 0 Å². The van der Waals surface area contributed by atoms with Crippen LogP contribution in [0.2, 0.25) is 0 Å². The van der Waals surface area contributed by atoms with Crippen LogP contribution in [0.4, 0.5) is 11.6 Å². The summed E-state index contributed by atoms with van der Waals surface area (Å²) in [6.45, 7) is 12.7. The first kappa shape index (κ1) is 14.1. The first-order chi connectivity index (χ1) is 8.99. The molecule has 1 aliphatic rings. The van der Waals surface area contributed by atoms with Crippen molar-refractivity contribution in [1.82, 2.24) is 15.3 Å². The van der Waals surface area contributed by atoms with Crippen LogP contribution in [-0.4, -0.2) is 41.7 Å². The van der Waals surface area contributed by atoms with Crippen molar-refractivity contribution in [3.63, 3.8) is 0 Å². The third-order valence-corrected chi connectivity index (χ3v) is 3.42. The van der Waals surface area contributed by atoms with E-state index in [2.05, 4.69) is 59.3 Å². The molecule has 0 aromatic carbocycles. The van der Waals surface area contributed by atoms with Crippen molar-refractivity contribution in [2.45, 2.75) is 33.2 Å². The second-order valence-corrected chi connectivity index (χ2v) is 6.18. The van der Waals surface area contributed by atoms with Gasteiger partial charge in [0.05, 0.1) is 0 Å². The first-order valence-corrected chi connectivity index (χ1v) is 7.03. The standard InChI is InChI=1S/C14H25N5/c1-11(2)8-16-12-7-13(18-10-17-12)19-6-5-15-9-14(19,3)4/h7,10-11,15H,5-6,8-9H2,1-4H3,(H,16,17,18). The number of nitrogens with zero attached hydrogens (tertiary/aromatic N) is 3. The largest absolute Gasteiger partial charge is 0.370 e. The van der Waals surface area contributed by atoms with Crippen molar-refractivity contribution in [2.24, 2.45) is 5.92 Å². The predicted molar refractivity (Wildman–Crippen MR) is 79.7 cm³/mol. The normalized spacial score (nSPS) is 18.7. The molecule has 0 aliphatic carbocycles. The van der Waals surface area contributed by atoms with Crippen molar-refractivity contribution in [3.8, 4) is 0 Å². The molecule has 0 amide bonds. The topological polar surface area (TPSA) is 53.1 Å². The number of hydrogen-bond acceptors (Lipinski definition) is 5. The molecule has 5 heteroatoms. The van der Waals surface area contributed by atoms with Crippen LogP contribution < -0.4 is 15.5 Å². The van der Waals surface area contributed by atoms with E-state index in [1.165, 1.54) is 0 Å². The average molecular weight is 263 g/mol. The van der Waals surface area contributed by atoms with E-state index >= 15 is 0 Å². The Kier molecular flexibility index (Phi) is 4.24. The molecule has 0 saturated carbocycles. The number of anilines is 2. The number of aromatic nitrogens is 2. The van der Waals surface area contributed by atoms with Crippen molar-refractivity contribution >= 4 is 11.6 Å². The van der Waals surface area contributed by atoms with Crippen molar-refractivity contribution in [2.75, 3.05) is 36.4 Å². The molecule has 5 nitrogen and oxygen atoms in total. The van der Waals surface area contributed by atoms with E-state index in [1.54, 1.807) is 6.33 Å². The Morgan fingerprint density at radius 3 is 2.89 bits per heavy atom.